The fourth-order valence-electron chi connectivity index (χ4n) is 3.79. The smallest absolute Gasteiger partial charge is 0.0991 e. The fourth-order valence-corrected chi connectivity index (χ4v) is 3.79. The first-order chi connectivity index (χ1) is 16.2. The van der Waals surface area contributed by atoms with Gasteiger partial charge in [0.05, 0.1) is 54.6 Å². The van der Waals surface area contributed by atoms with Gasteiger partial charge in [0.15, 0.2) is 0 Å². The van der Waals surface area contributed by atoms with Crippen LogP contribution in [0.3, 0.4) is 0 Å². The van der Waals surface area contributed by atoms with Crippen molar-refractivity contribution in [1.82, 2.24) is 19.8 Å². The topological polar surface area (TPSA) is 110 Å². The van der Waals surface area contributed by atoms with Gasteiger partial charge in [-0.15, -0.1) is 10.2 Å². The Morgan fingerprint density at radius 3 is 1.45 bits per heavy atom. The van der Waals surface area contributed by atoms with Crippen molar-refractivity contribution in [3.63, 3.8) is 0 Å². The Kier molecular flexibility index (Phi) is 7.54. The minimum absolute atomic E-state index is 0.616. The predicted molar refractivity (Wildman–Crippen MR) is 122 cm³/mol. The molecule has 0 unspecified atom stereocenters. The zero-order valence-electron chi connectivity index (χ0n) is 18.5. The maximum Gasteiger partial charge on any atom is 0.0991 e. The summed E-state index contributed by atoms with van der Waals surface area (Å²) in [6.45, 7) is 6.08. The standard InChI is InChI=1S/C23H26N10/c24-15-20-3-7-22(8-4-20)26-28-32-13-1-11-30(18-32)17-31-12-2-14-33(19-31)29-27-23-9-5-21(16-25)6-10-23/h3-10H,1-2,11-14,17-19H2. The molecule has 2 aromatic rings. The molecule has 2 saturated heterocycles. The van der Waals surface area contributed by atoms with E-state index in [2.05, 4.69) is 42.6 Å². The van der Waals surface area contributed by atoms with Gasteiger partial charge in [0, 0.05) is 26.2 Å². The molecule has 0 amide bonds. The van der Waals surface area contributed by atoms with Crippen LogP contribution in [0, 0.1) is 22.7 Å². The number of hydrogen-bond donors (Lipinski definition) is 0. The summed E-state index contributed by atoms with van der Waals surface area (Å²) in [5.41, 5.74) is 2.71. The van der Waals surface area contributed by atoms with Crippen LogP contribution in [0.2, 0.25) is 0 Å². The van der Waals surface area contributed by atoms with Crippen LogP contribution >= 0.6 is 0 Å². The van der Waals surface area contributed by atoms with E-state index in [1.807, 2.05) is 10.0 Å². The van der Waals surface area contributed by atoms with Crippen molar-refractivity contribution < 1.29 is 0 Å². The van der Waals surface area contributed by atoms with Crippen LogP contribution in [-0.4, -0.2) is 66.0 Å². The van der Waals surface area contributed by atoms with E-state index < -0.39 is 0 Å². The van der Waals surface area contributed by atoms with Gasteiger partial charge in [0.25, 0.3) is 0 Å². The van der Waals surface area contributed by atoms with E-state index >= 15 is 0 Å². The summed E-state index contributed by atoms with van der Waals surface area (Å²) >= 11 is 0. The summed E-state index contributed by atoms with van der Waals surface area (Å²) in [7, 11) is 0. The molecule has 10 nitrogen and oxygen atoms in total. The zero-order valence-corrected chi connectivity index (χ0v) is 18.5. The maximum atomic E-state index is 8.90. The number of nitriles is 2. The highest BCUT2D eigenvalue weighted by atomic mass is 15.6. The second-order valence-corrected chi connectivity index (χ2v) is 8.08. The van der Waals surface area contributed by atoms with Crippen LogP contribution in [-0.2, 0) is 0 Å². The van der Waals surface area contributed by atoms with Crippen molar-refractivity contribution in [2.45, 2.75) is 12.8 Å². The molecule has 0 N–H and O–H groups in total. The molecule has 4 rings (SSSR count). The first-order valence-corrected chi connectivity index (χ1v) is 11.0. The van der Waals surface area contributed by atoms with Gasteiger partial charge in [0.2, 0.25) is 0 Å². The number of rotatable bonds is 6. The third-order valence-corrected chi connectivity index (χ3v) is 5.47. The third-order valence-electron chi connectivity index (χ3n) is 5.47. The van der Waals surface area contributed by atoms with Gasteiger partial charge in [-0.2, -0.15) is 10.5 Å². The Bertz CT molecular complexity index is 963. The van der Waals surface area contributed by atoms with Gasteiger partial charge in [-0.25, -0.2) is 0 Å². The van der Waals surface area contributed by atoms with E-state index in [-0.39, 0.29) is 0 Å². The first kappa shape index (κ1) is 22.3. The van der Waals surface area contributed by atoms with Crippen molar-refractivity contribution in [3.05, 3.63) is 59.7 Å². The molecule has 33 heavy (non-hydrogen) atoms. The van der Waals surface area contributed by atoms with Crippen molar-refractivity contribution in [1.29, 1.82) is 10.5 Å². The summed E-state index contributed by atoms with van der Waals surface area (Å²) in [4.78, 5) is 4.73. The highest BCUT2D eigenvalue weighted by Gasteiger charge is 2.22. The highest BCUT2D eigenvalue weighted by molar-refractivity contribution is 5.42. The Balaban J connectivity index is 1.27. The summed E-state index contributed by atoms with van der Waals surface area (Å²) < 4.78 is 0. The van der Waals surface area contributed by atoms with E-state index in [9.17, 15) is 0 Å². The largest absolute Gasteiger partial charge is 0.271 e. The van der Waals surface area contributed by atoms with Crippen molar-refractivity contribution in [3.8, 4) is 12.1 Å². The lowest BCUT2D eigenvalue weighted by molar-refractivity contribution is -0.00455. The lowest BCUT2D eigenvalue weighted by Gasteiger charge is -2.39. The molecule has 2 aliphatic heterocycles. The molecule has 2 heterocycles. The molecular formula is C23H26N10. The molecule has 0 radical (unpaired) electrons. The lowest BCUT2D eigenvalue weighted by Crippen LogP contribution is -2.51. The third kappa shape index (κ3) is 6.56. The fraction of sp³-hybridized carbons (Fsp3) is 0.391. The molecule has 0 bridgehead atoms. The van der Waals surface area contributed by atoms with Crippen LogP contribution < -0.4 is 0 Å². The van der Waals surface area contributed by atoms with Crippen molar-refractivity contribution in [2.24, 2.45) is 20.7 Å². The average molecular weight is 443 g/mol. The van der Waals surface area contributed by atoms with Gasteiger partial charge in [0.1, 0.15) is 0 Å². The van der Waals surface area contributed by atoms with Crippen LogP contribution in [0.25, 0.3) is 0 Å². The highest BCUT2D eigenvalue weighted by Crippen LogP contribution is 2.17. The second kappa shape index (κ2) is 11.1. The predicted octanol–water partition coefficient (Wildman–Crippen LogP) is 4.02. The van der Waals surface area contributed by atoms with Crippen molar-refractivity contribution in [2.75, 3.05) is 46.2 Å². The molecule has 0 spiro atoms. The van der Waals surface area contributed by atoms with Gasteiger partial charge < -0.3 is 0 Å². The summed E-state index contributed by atoms with van der Waals surface area (Å²) in [5, 5.41) is 39.2. The molecule has 10 heteroatoms. The van der Waals surface area contributed by atoms with Gasteiger partial charge in [-0.1, -0.05) is 10.4 Å². The minimum Gasteiger partial charge on any atom is -0.271 e. The molecule has 2 aromatic carbocycles. The van der Waals surface area contributed by atoms with Gasteiger partial charge >= 0.3 is 0 Å². The lowest BCUT2D eigenvalue weighted by atomic mass is 10.2. The normalized spacial score (nSPS) is 18.0. The Labute approximate surface area is 193 Å². The average Bonchev–Trinajstić information content (AvgIpc) is 2.87. The Morgan fingerprint density at radius 2 is 1.06 bits per heavy atom. The zero-order chi connectivity index (χ0) is 22.9. The second-order valence-electron chi connectivity index (χ2n) is 8.08. The molecule has 0 aromatic heterocycles. The first-order valence-electron chi connectivity index (χ1n) is 11.0. The van der Waals surface area contributed by atoms with Crippen LogP contribution in [0.15, 0.2) is 69.2 Å². The molecule has 0 atom stereocenters. The van der Waals surface area contributed by atoms with E-state index in [0.29, 0.717) is 11.1 Å². The van der Waals surface area contributed by atoms with E-state index in [0.717, 1.165) is 70.4 Å². The number of hydrogen-bond acceptors (Lipinski definition) is 8. The van der Waals surface area contributed by atoms with E-state index in [1.165, 1.54) is 0 Å². The van der Waals surface area contributed by atoms with Crippen molar-refractivity contribution >= 4 is 11.4 Å². The number of benzene rings is 2. The van der Waals surface area contributed by atoms with E-state index in [4.69, 9.17) is 10.5 Å². The summed E-state index contributed by atoms with van der Waals surface area (Å²) in [6, 6.07) is 18.4. The SMILES string of the molecule is N#Cc1ccc(N=NN2CCCN(CN3CCCN(N=Nc4ccc(C#N)cc4)C3)C2)cc1. The van der Waals surface area contributed by atoms with Crippen LogP contribution in [0.4, 0.5) is 11.4 Å². The number of nitrogens with zero attached hydrogens (tertiary/aromatic N) is 10. The van der Waals surface area contributed by atoms with Gasteiger partial charge in [-0.3, -0.25) is 19.8 Å². The molecular weight excluding hydrogens is 416 g/mol. The molecule has 2 aliphatic rings. The minimum atomic E-state index is 0.616. The van der Waals surface area contributed by atoms with E-state index in [1.54, 1.807) is 48.5 Å². The molecule has 2 fully saturated rings. The maximum absolute atomic E-state index is 8.90. The molecule has 168 valence electrons. The Hall–Kier alpha value is -3.86. The monoisotopic (exact) mass is 442 g/mol. The molecule has 0 aliphatic carbocycles. The van der Waals surface area contributed by atoms with Gasteiger partial charge in [-0.05, 0) is 61.4 Å². The van der Waals surface area contributed by atoms with Crippen LogP contribution in [0.1, 0.15) is 24.0 Å². The Morgan fingerprint density at radius 1 is 0.636 bits per heavy atom. The van der Waals surface area contributed by atoms with Crippen LogP contribution in [0.5, 0.6) is 0 Å². The molecule has 0 saturated carbocycles. The summed E-state index contributed by atoms with van der Waals surface area (Å²) in [5.74, 6) is 0. The quantitative estimate of drug-likeness (QED) is 0.625. The summed E-state index contributed by atoms with van der Waals surface area (Å²) in [6.07, 6.45) is 2.06.